The van der Waals surface area contributed by atoms with E-state index < -0.39 is 16.1 Å². The van der Waals surface area contributed by atoms with Crippen LogP contribution in [-0.2, 0) is 16.6 Å². The molecule has 1 N–H and O–H groups in total. The number of carbonyl (C=O) groups is 1. The molecule has 0 saturated heterocycles. The molecule has 0 aliphatic rings. The summed E-state index contributed by atoms with van der Waals surface area (Å²) in [6.45, 7) is 2.15. The van der Waals surface area contributed by atoms with Crippen molar-refractivity contribution in [3.8, 4) is 0 Å². The average molecular weight is 485 g/mol. The molecular weight excluding hydrogens is 456 g/mol. The lowest BCUT2D eigenvalue weighted by molar-refractivity contribution is 0.0943. The van der Waals surface area contributed by atoms with Crippen molar-refractivity contribution in [3.05, 3.63) is 137 Å². The summed E-state index contributed by atoms with van der Waals surface area (Å²) >= 11 is 0. The molecule has 1 amide bonds. The Balaban J connectivity index is 1.71. The molecule has 0 aliphatic carbocycles. The zero-order valence-electron chi connectivity index (χ0n) is 19.8. The summed E-state index contributed by atoms with van der Waals surface area (Å²) in [7, 11) is -3.66. The monoisotopic (exact) mass is 484 g/mol. The summed E-state index contributed by atoms with van der Waals surface area (Å²) in [6, 6.07) is 33.5. The van der Waals surface area contributed by atoms with Gasteiger partial charge in [0, 0.05) is 0 Å². The molecule has 0 saturated carbocycles. The van der Waals surface area contributed by atoms with E-state index in [0.29, 0.717) is 11.3 Å². The quantitative estimate of drug-likeness (QED) is 0.360. The van der Waals surface area contributed by atoms with Crippen molar-refractivity contribution in [3.63, 3.8) is 0 Å². The number of carbonyl (C=O) groups excluding carboxylic acids is 1. The van der Waals surface area contributed by atoms with E-state index in [1.165, 1.54) is 4.31 Å². The molecule has 4 aromatic carbocycles. The highest BCUT2D eigenvalue weighted by Gasteiger charge is 2.25. The number of para-hydroxylation sites is 1. The second-order valence-electron chi connectivity index (χ2n) is 8.50. The maximum atomic E-state index is 13.6. The first kappa shape index (κ1) is 24.2. The molecule has 5 nitrogen and oxygen atoms in total. The summed E-state index contributed by atoms with van der Waals surface area (Å²) in [5.74, 6) is -0.350. The lowest BCUT2D eigenvalue weighted by Crippen LogP contribution is -2.34. The lowest BCUT2D eigenvalue weighted by Gasteiger charge is -2.26. The van der Waals surface area contributed by atoms with Crippen LogP contribution in [-0.4, -0.2) is 20.6 Å². The Kier molecular flexibility index (Phi) is 7.32. The van der Waals surface area contributed by atoms with Gasteiger partial charge in [0.2, 0.25) is 10.0 Å². The number of nitrogens with zero attached hydrogens (tertiary/aromatic N) is 1. The van der Waals surface area contributed by atoms with Crippen molar-refractivity contribution in [1.82, 2.24) is 5.32 Å². The van der Waals surface area contributed by atoms with Crippen molar-refractivity contribution in [2.75, 3.05) is 10.6 Å². The number of nitrogens with one attached hydrogen (secondary N) is 1. The van der Waals surface area contributed by atoms with Crippen molar-refractivity contribution < 1.29 is 13.2 Å². The van der Waals surface area contributed by atoms with Gasteiger partial charge in [-0.2, -0.15) is 0 Å². The molecule has 0 aromatic heterocycles. The normalized spacial score (nSPS) is 12.1. The smallest absolute Gasteiger partial charge is 0.254 e. The predicted octanol–water partition coefficient (Wildman–Crippen LogP) is 5.48. The first-order valence-corrected chi connectivity index (χ1v) is 13.2. The van der Waals surface area contributed by atoms with Gasteiger partial charge in [-0.05, 0) is 35.7 Å². The number of benzene rings is 4. The number of anilines is 1. The summed E-state index contributed by atoms with van der Waals surface area (Å²) in [5, 5.41) is 3.14. The van der Waals surface area contributed by atoms with E-state index in [4.69, 9.17) is 0 Å². The van der Waals surface area contributed by atoms with E-state index in [1.54, 1.807) is 24.3 Å². The van der Waals surface area contributed by atoms with Gasteiger partial charge in [-0.3, -0.25) is 9.10 Å². The molecule has 4 aromatic rings. The van der Waals surface area contributed by atoms with Crippen LogP contribution in [0.3, 0.4) is 0 Å². The Morgan fingerprint density at radius 1 is 0.771 bits per heavy atom. The van der Waals surface area contributed by atoms with Crippen molar-refractivity contribution in [1.29, 1.82) is 0 Å². The molecule has 35 heavy (non-hydrogen) atoms. The molecule has 4 rings (SSSR count). The molecular formula is C29H28N2O3S. The van der Waals surface area contributed by atoms with Gasteiger partial charge in [0.25, 0.3) is 5.91 Å². The SMILES string of the molecule is Cc1ccc([C@@H](NC(=O)c2ccccc2N(Cc2ccccc2)S(C)(=O)=O)c2ccccc2)cc1. The van der Waals surface area contributed by atoms with Crippen LogP contribution in [0.2, 0.25) is 0 Å². The van der Waals surface area contributed by atoms with Gasteiger partial charge >= 0.3 is 0 Å². The van der Waals surface area contributed by atoms with Gasteiger partial charge in [-0.25, -0.2) is 8.42 Å². The third kappa shape index (κ3) is 5.97. The summed E-state index contributed by atoms with van der Waals surface area (Å²) in [6.07, 6.45) is 1.16. The average Bonchev–Trinajstić information content (AvgIpc) is 2.87. The first-order valence-electron chi connectivity index (χ1n) is 11.4. The molecule has 0 fully saturated rings. The van der Waals surface area contributed by atoms with Crippen molar-refractivity contribution in [2.24, 2.45) is 0 Å². The number of amides is 1. The molecule has 0 heterocycles. The minimum absolute atomic E-state index is 0.129. The Hall–Kier alpha value is -3.90. The molecule has 0 unspecified atom stereocenters. The van der Waals surface area contributed by atoms with E-state index in [0.717, 1.165) is 28.5 Å². The molecule has 178 valence electrons. The van der Waals surface area contributed by atoms with Crippen LogP contribution < -0.4 is 9.62 Å². The van der Waals surface area contributed by atoms with Gasteiger partial charge in [0.05, 0.1) is 30.1 Å². The lowest BCUT2D eigenvalue weighted by atomic mass is 9.97. The largest absolute Gasteiger partial charge is 0.341 e. The minimum atomic E-state index is -3.66. The second kappa shape index (κ2) is 10.6. The van der Waals surface area contributed by atoms with Gasteiger partial charge in [-0.1, -0.05) is 103 Å². The van der Waals surface area contributed by atoms with E-state index in [1.807, 2.05) is 91.9 Å². The zero-order valence-corrected chi connectivity index (χ0v) is 20.6. The number of sulfonamides is 1. The number of rotatable bonds is 8. The highest BCUT2D eigenvalue weighted by Crippen LogP contribution is 2.28. The molecule has 6 heteroatoms. The Bertz CT molecular complexity index is 1390. The number of hydrogen-bond acceptors (Lipinski definition) is 3. The highest BCUT2D eigenvalue weighted by atomic mass is 32.2. The zero-order chi connectivity index (χ0) is 24.8. The minimum Gasteiger partial charge on any atom is -0.341 e. The fraction of sp³-hybridized carbons (Fsp3) is 0.138. The predicted molar refractivity (Wildman–Crippen MR) is 141 cm³/mol. The molecule has 0 spiro atoms. The van der Waals surface area contributed by atoms with Crippen LogP contribution in [0.25, 0.3) is 0 Å². The topological polar surface area (TPSA) is 66.5 Å². The third-order valence-electron chi connectivity index (χ3n) is 5.81. The Morgan fingerprint density at radius 2 is 1.31 bits per heavy atom. The van der Waals surface area contributed by atoms with Gasteiger partial charge < -0.3 is 5.32 Å². The molecule has 0 aliphatic heterocycles. The van der Waals surface area contributed by atoms with E-state index in [2.05, 4.69) is 5.32 Å². The Morgan fingerprint density at radius 3 is 1.94 bits per heavy atom. The van der Waals surface area contributed by atoms with Crippen molar-refractivity contribution >= 4 is 21.6 Å². The number of hydrogen-bond donors (Lipinski definition) is 1. The summed E-state index contributed by atoms with van der Waals surface area (Å²) in [5.41, 5.74) is 4.47. The third-order valence-corrected chi connectivity index (χ3v) is 6.93. The van der Waals surface area contributed by atoms with Crippen LogP contribution in [0, 0.1) is 6.92 Å². The molecule has 0 bridgehead atoms. The Labute approximate surface area is 207 Å². The van der Waals surface area contributed by atoms with Gasteiger partial charge in [0.1, 0.15) is 0 Å². The maximum absolute atomic E-state index is 13.6. The molecule has 1 atom stereocenters. The van der Waals surface area contributed by atoms with E-state index in [-0.39, 0.29) is 12.5 Å². The standard InChI is InChI=1S/C29H28N2O3S/c1-22-17-19-25(20-18-22)28(24-13-7-4-8-14-24)30-29(32)26-15-9-10-16-27(26)31(35(2,33)34)21-23-11-5-3-6-12-23/h3-20,28H,21H2,1-2H3,(H,30,32)/t28-/m0/s1. The molecule has 0 radical (unpaired) electrons. The highest BCUT2D eigenvalue weighted by molar-refractivity contribution is 7.92. The fourth-order valence-electron chi connectivity index (χ4n) is 3.99. The fourth-order valence-corrected chi connectivity index (χ4v) is 4.89. The van der Waals surface area contributed by atoms with Crippen LogP contribution in [0.4, 0.5) is 5.69 Å². The van der Waals surface area contributed by atoms with Crippen LogP contribution in [0.5, 0.6) is 0 Å². The van der Waals surface area contributed by atoms with Gasteiger partial charge in [0.15, 0.2) is 0 Å². The van der Waals surface area contributed by atoms with E-state index in [9.17, 15) is 13.2 Å². The van der Waals surface area contributed by atoms with E-state index >= 15 is 0 Å². The summed E-state index contributed by atoms with van der Waals surface area (Å²) < 4.78 is 26.9. The first-order chi connectivity index (χ1) is 16.8. The number of aryl methyl sites for hydroxylation is 1. The van der Waals surface area contributed by atoms with Crippen molar-refractivity contribution in [2.45, 2.75) is 19.5 Å². The summed E-state index contributed by atoms with van der Waals surface area (Å²) in [4.78, 5) is 13.6. The maximum Gasteiger partial charge on any atom is 0.254 e. The van der Waals surface area contributed by atoms with Crippen LogP contribution in [0.1, 0.15) is 38.7 Å². The van der Waals surface area contributed by atoms with Gasteiger partial charge in [-0.15, -0.1) is 0 Å². The van der Waals surface area contributed by atoms with Crippen LogP contribution >= 0.6 is 0 Å². The van der Waals surface area contributed by atoms with Crippen LogP contribution in [0.15, 0.2) is 109 Å². The second-order valence-corrected chi connectivity index (χ2v) is 10.4.